The Bertz CT molecular complexity index is 453. The smallest absolute Gasteiger partial charge is 0.129 e. The summed E-state index contributed by atoms with van der Waals surface area (Å²) in [5.74, 6) is -1.15. The zero-order valence-electron chi connectivity index (χ0n) is 11.9. The summed E-state index contributed by atoms with van der Waals surface area (Å²) in [5.41, 5.74) is -0.591. The third kappa shape index (κ3) is 5.54. The van der Waals surface area contributed by atoms with Gasteiger partial charge in [0.1, 0.15) is 22.9 Å². The molecular formula is C15H20F2N2O. The van der Waals surface area contributed by atoms with Gasteiger partial charge >= 0.3 is 0 Å². The number of hydrogen-bond donors (Lipinski definition) is 1. The second kappa shape index (κ2) is 7.81. The van der Waals surface area contributed by atoms with Crippen LogP contribution < -0.4 is 10.1 Å². The van der Waals surface area contributed by atoms with Crippen LogP contribution in [0.3, 0.4) is 0 Å². The van der Waals surface area contributed by atoms with Gasteiger partial charge in [0.2, 0.25) is 0 Å². The SMILES string of the molecule is CCCNC(C)(C#N)CCCOc1cc(F)cc(F)c1. The molecule has 20 heavy (non-hydrogen) atoms. The van der Waals surface area contributed by atoms with Crippen molar-refractivity contribution in [2.24, 2.45) is 0 Å². The molecule has 1 rings (SSSR count). The minimum atomic E-state index is -0.661. The van der Waals surface area contributed by atoms with Gasteiger partial charge in [-0.3, -0.25) is 5.32 Å². The molecule has 1 aromatic rings. The second-order valence-electron chi connectivity index (χ2n) is 4.93. The van der Waals surface area contributed by atoms with Crippen LogP contribution in [-0.4, -0.2) is 18.7 Å². The van der Waals surface area contributed by atoms with E-state index in [1.807, 2.05) is 13.8 Å². The summed E-state index contributed by atoms with van der Waals surface area (Å²) in [6.45, 7) is 4.96. The van der Waals surface area contributed by atoms with Gasteiger partial charge in [-0.1, -0.05) is 6.92 Å². The van der Waals surface area contributed by atoms with Gasteiger partial charge in [0, 0.05) is 18.2 Å². The average Bonchev–Trinajstić information content (AvgIpc) is 2.40. The van der Waals surface area contributed by atoms with Crippen molar-refractivity contribution in [3.63, 3.8) is 0 Å². The van der Waals surface area contributed by atoms with E-state index in [1.165, 1.54) is 0 Å². The second-order valence-corrected chi connectivity index (χ2v) is 4.93. The number of nitrogens with one attached hydrogen (secondary N) is 1. The molecule has 3 nitrogen and oxygen atoms in total. The average molecular weight is 282 g/mol. The van der Waals surface area contributed by atoms with Gasteiger partial charge < -0.3 is 4.74 Å². The number of nitriles is 1. The number of hydrogen-bond acceptors (Lipinski definition) is 3. The molecule has 0 saturated heterocycles. The lowest BCUT2D eigenvalue weighted by Gasteiger charge is -2.23. The van der Waals surface area contributed by atoms with Crippen LogP contribution >= 0.6 is 0 Å². The molecule has 0 aromatic heterocycles. The molecule has 0 aliphatic carbocycles. The maximum Gasteiger partial charge on any atom is 0.129 e. The summed E-state index contributed by atoms with van der Waals surface area (Å²) < 4.78 is 31.2. The van der Waals surface area contributed by atoms with Crippen LogP contribution in [0.2, 0.25) is 0 Å². The van der Waals surface area contributed by atoms with Crippen molar-refractivity contribution >= 4 is 0 Å². The first kappa shape index (κ1) is 16.4. The van der Waals surface area contributed by atoms with E-state index >= 15 is 0 Å². The van der Waals surface area contributed by atoms with E-state index in [4.69, 9.17) is 10.00 Å². The van der Waals surface area contributed by atoms with Crippen molar-refractivity contribution in [2.75, 3.05) is 13.2 Å². The van der Waals surface area contributed by atoms with Gasteiger partial charge in [-0.05, 0) is 32.7 Å². The molecule has 0 radical (unpaired) electrons. The monoisotopic (exact) mass is 282 g/mol. The number of rotatable bonds is 8. The Morgan fingerprint density at radius 3 is 2.50 bits per heavy atom. The maximum atomic E-state index is 12.9. The molecule has 0 spiro atoms. The van der Waals surface area contributed by atoms with Crippen LogP contribution in [0.5, 0.6) is 5.75 Å². The van der Waals surface area contributed by atoms with Crippen LogP contribution in [-0.2, 0) is 0 Å². The zero-order chi connectivity index (χ0) is 15.0. The predicted molar refractivity (Wildman–Crippen MR) is 73.4 cm³/mol. The summed E-state index contributed by atoms with van der Waals surface area (Å²) in [7, 11) is 0. The molecule has 110 valence electrons. The minimum absolute atomic E-state index is 0.169. The van der Waals surface area contributed by atoms with E-state index in [9.17, 15) is 8.78 Å². The molecule has 0 aliphatic rings. The lowest BCUT2D eigenvalue weighted by Crippen LogP contribution is -2.41. The molecule has 0 heterocycles. The molecule has 0 aliphatic heterocycles. The van der Waals surface area contributed by atoms with Crippen molar-refractivity contribution in [3.8, 4) is 11.8 Å². The molecule has 1 N–H and O–H groups in total. The van der Waals surface area contributed by atoms with Crippen molar-refractivity contribution in [1.82, 2.24) is 5.32 Å². The highest BCUT2D eigenvalue weighted by molar-refractivity contribution is 5.23. The summed E-state index contributed by atoms with van der Waals surface area (Å²) in [6.07, 6.45) is 2.19. The van der Waals surface area contributed by atoms with Crippen molar-refractivity contribution in [3.05, 3.63) is 29.8 Å². The number of nitrogens with zero attached hydrogens (tertiary/aromatic N) is 1. The molecule has 0 amide bonds. The van der Waals surface area contributed by atoms with Crippen LogP contribution in [0.15, 0.2) is 18.2 Å². The quantitative estimate of drug-likeness (QED) is 0.743. The Hall–Kier alpha value is -1.67. The molecule has 1 unspecified atom stereocenters. The fraction of sp³-hybridized carbons (Fsp3) is 0.533. The van der Waals surface area contributed by atoms with Gasteiger partial charge in [0.25, 0.3) is 0 Å². The Kier molecular flexibility index (Phi) is 6.40. The van der Waals surface area contributed by atoms with Gasteiger partial charge in [-0.2, -0.15) is 5.26 Å². The first-order valence-electron chi connectivity index (χ1n) is 6.74. The van der Waals surface area contributed by atoms with Crippen LogP contribution in [0.4, 0.5) is 8.78 Å². The first-order valence-corrected chi connectivity index (χ1v) is 6.74. The Morgan fingerprint density at radius 1 is 1.30 bits per heavy atom. The predicted octanol–water partition coefficient (Wildman–Crippen LogP) is 3.41. The first-order chi connectivity index (χ1) is 9.49. The van der Waals surface area contributed by atoms with E-state index in [2.05, 4.69) is 11.4 Å². The van der Waals surface area contributed by atoms with E-state index in [0.717, 1.165) is 31.2 Å². The van der Waals surface area contributed by atoms with Crippen molar-refractivity contribution < 1.29 is 13.5 Å². The molecule has 0 bridgehead atoms. The van der Waals surface area contributed by atoms with Crippen LogP contribution in [0.25, 0.3) is 0 Å². The van der Waals surface area contributed by atoms with E-state index < -0.39 is 17.2 Å². The molecule has 5 heteroatoms. The summed E-state index contributed by atoms with van der Waals surface area (Å²) in [6, 6.07) is 5.32. The van der Waals surface area contributed by atoms with E-state index in [-0.39, 0.29) is 5.75 Å². The number of ether oxygens (including phenoxy) is 1. The minimum Gasteiger partial charge on any atom is -0.493 e. The van der Waals surface area contributed by atoms with Crippen molar-refractivity contribution in [2.45, 2.75) is 38.6 Å². The normalized spacial score (nSPS) is 13.6. The summed E-state index contributed by atoms with van der Waals surface area (Å²) >= 11 is 0. The van der Waals surface area contributed by atoms with Gasteiger partial charge in [0.05, 0.1) is 12.7 Å². The van der Waals surface area contributed by atoms with Gasteiger partial charge in [-0.15, -0.1) is 0 Å². The Morgan fingerprint density at radius 2 is 1.95 bits per heavy atom. The van der Waals surface area contributed by atoms with Crippen molar-refractivity contribution in [1.29, 1.82) is 5.26 Å². The zero-order valence-corrected chi connectivity index (χ0v) is 11.9. The number of benzene rings is 1. The highest BCUT2D eigenvalue weighted by Gasteiger charge is 2.21. The van der Waals surface area contributed by atoms with E-state index in [0.29, 0.717) is 19.4 Å². The maximum absolute atomic E-state index is 12.9. The topological polar surface area (TPSA) is 45.0 Å². The fourth-order valence-corrected chi connectivity index (χ4v) is 1.81. The summed E-state index contributed by atoms with van der Waals surface area (Å²) in [5, 5.41) is 12.3. The summed E-state index contributed by atoms with van der Waals surface area (Å²) in [4.78, 5) is 0. The van der Waals surface area contributed by atoms with Crippen LogP contribution in [0.1, 0.15) is 33.1 Å². The molecular weight excluding hydrogens is 262 g/mol. The lowest BCUT2D eigenvalue weighted by molar-refractivity contribution is 0.283. The van der Waals surface area contributed by atoms with Crippen LogP contribution in [0, 0.1) is 23.0 Å². The fourth-order valence-electron chi connectivity index (χ4n) is 1.81. The molecule has 1 atom stereocenters. The standard InChI is InChI=1S/C15H20F2N2O/c1-3-6-19-15(2,11-18)5-4-7-20-14-9-12(16)8-13(17)10-14/h8-10,19H,3-7H2,1-2H3. The number of halogens is 2. The molecule has 1 aromatic carbocycles. The Balaban J connectivity index is 2.39. The largest absolute Gasteiger partial charge is 0.493 e. The highest BCUT2D eigenvalue weighted by atomic mass is 19.1. The third-order valence-electron chi connectivity index (χ3n) is 2.94. The third-order valence-corrected chi connectivity index (χ3v) is 2.94. The highest BCUT2D eigenvalue weighted by Crippen LogP contribution is 2.17. The lowest BCUT2D eigenvalue weighted by atomic mass is 9.98. The van der Waals surface area contributed by atoms with Gasteiger partial charge in [-0.25, -0.2) is 8.78 Å². The molecule has 0 saturated carbocycles. The molecule has 0 fully saturated rings. The van der Waals surface area contributed by atoms with E-state index in [1.54, 1.807) is 0 Å². The van der Waals surface area contributed by atoms with Gasteiger partial charge in [0.15, 0.2) is 0 Å². The Labute approximate surface area is 118 Å².